The zero-order valence-corrected chi connectivity index (χ0v) is 5.26. The molecule has 0 saturated heterocycles. The average Bonchev–Trinajstić information content (AvgIpc) is 1.67. The van der Waals surface area contributed by atoms with Crippen LogP contribution in [0.5, 0.6) is 0 Å². The van der Waals surface area contributed by atoms with Crippen molar-refractivity contribution in [3.8, 4) is 6.07 Å². The van der Waals surface area contributed by atoms with Crippen LogP contribution >= 0.6 is 0 Å². The summed E-state index contributed by atoms with van der Waals surface area (Å²) in [5.41, 5.74) is 0. The van der Waals surface area contributed by atoms with Crippen LogP contribution in [-0.4, -0.2) is 11.2 Å². The molecule has 8 heavy (non-hydrogen) atoms. The maximum absolute atomic E-state index is 8.90. The van der Waals surface area contributed by atoms with Crippen LogP contribution in [0.1, 0.15) is 20.3 Å². The Bertz CT molecular complexity index is 93.2. The van der Waals surface area contributed by atoms with Crippen molar-refractivity contribution < 1.29 is 5.11 Å². The summed E-state index contributed by atoms with van der Waals surface area (Å²) in [5.74, 6) is 0.203. The standard InChI is InChI=1S/C6H11NO/c1-5(2)6(8)3-4-7/h5-6,8H,3H2,1-2H3. The Hall–Kier alpha value is -0.550. The average molecular weight is 113 g/mol. The Morgan fingerprint density at radius 3 is 2.25 bits per heavy atom. The maximum atomic E-state index is 8.90. The first-order valence-electron chi connectivity index (χ1n) is 2.73. The molecule has 0 aliphatic rings. The number of nitrogens with zero attached hydrogens (tertiary/aromatic N) is 1. The van der Waals surface area contributed by atoms with Crippen LogP contribution < -0.4 is 0 Å². The highest BCUT2D eigenvalue weighted by Gasteiger charge is 2.06. The van der Waals surface area contributed by atoms with Gasteiger partial charge >= 0.3 is 0 Å². The molecule has 1 N–H and O–H groups in total. The van der Waals surface area contributed by atoms with Crippen molar-refractivity contribution in [2.45, 2.75) is 26.4 Å². The zero-order chi connectivity index (χ0) is 6.57. The molecule has 1 atom stereocenters. The monoisotopic (exact) mass is 113 g/mol. The van der Waals surface area contributed by atoms with Crippen molar-refractivity contribution in [2.75, 3.05) is 0 Å². The predicted octanol–water partition coefficient (Wildman–Crippen LogP) is 0.917. The summed E-state index contributed by atoms with van der Waals surface area (Å²) in [6.07, 6.45) is -0.197. The number of aliphatic hydroxyl groups is 1. The van der Waals surface area contributed by atoms with Gasteiger partial charge in [-0.3, -0.25) is 0 Å². The molecule has 0 spiro atoms. The molecule has 0 rings (SSSR count). The number of nitriles is 1. The first-order chi connectivity index (χ1) is 3.68. The highest BCUT2D eigenvalue weighted by molar-refractivity contribution is 4.76. The highest BCUT2D eigenvalue weighted by Crippen LogP contribution is 2.02. The molecular formula is C6H11NO. The second kappa shape index (κ2) is 3.45. The second-order valence-electron chi connectivity index (χ2n) is 2.17. The van der Waals surface area contributed by atoms with E-state index >= 15 is 0 Å². The number of rotatable bonds is 2. The van der Waals surface area contributed by atoms with Gasteiger partial charge in [-0.15, -0.1) is 0 Å². The van der Waals surface area contributed by atoms with Gasteiger partial charge in [-0.05, 0) is 5.92 Å². The van der Waals surface area contributed by atoms with Crippen LogP contribution in [0.2, 0.25) is 0 Å². The third kappa shape index (κ3) is 2.59. The van der Waals surface area contributed by atoms with Crippen LogP contribution in [0.4, 0.5) is 0 Å². The molecule has 2 heteroatoms. The summed E-state index contributed by atoms with van der Waals surface area (Å²) in [6, 6.07) is 1.90. The van der Waals surface area contributed by atoms with Gasteiger partial charge in [-0.2, -0.15) is 5.26 Å². The summed E-state index contributed by atoms with van der Waals surface area (Å²) in [7, 11) is 0. The molecule has 0 aromatic carbocycles. The Morgan fingerprint density at radius 2 is 2.12 bits per heavy atom. The van der Waals surface area contributed by atoms with Gasteiger partial charge in [-0.1, -0.05) is 13.8 Å². The summed E-state index contributed by atoms with van der Waals surface area (Å²) in [4.78, 5) is 0. The SMILES string of the molecule is CC(C)C(O)CC#N. The zero-order valence-electron chi connectivity index (χ0n) is 5.26. The van der Waals surface area contributed by atoms with Crippen LogP contribution in [0.25, 0.3) is 0 Å². The van der Waals surface area contributed by atoms with Gasteiger partial charge in [0.15, 0.2) is 0 Å². The minimum absolute atomic E-state index is 0.203. The molecule has 46 valence electrons. The van der Waals surface area contributed by atoms with Gasteiger partial charge in [0.2, 0.25) is 0 Å². The summed E-state index contributed by atoms with van der Waals surface area (Å²) in [6.45, 7) is 3.78. The van der Waals surface area contributed by atoms with Gasteiger partial charge in [0, 0.05) is 0 Å². The Balaban J connectivity index is 3.35. The van der Waals surface area contributed by atoms with Crippen LogP contribution in [0.15, 0.2) is 0 Å². The second-order valence-corrected chi connectivity index (χ2v) is 2.17. The van der Waals surface area contributed by atoms with Crippen LogP contribution in [0, 0.1) is 17.2 Å². The van der Waals surface area contributed by atoms with E-state index in [9.17, 15) is 0 Å². The third-order valence-electron chi connectivity index (χ3n) is 1.07. The van der Waals surface area contributed by atoms with E-state index in [0.29, 0.717) is 0 Å². The Morgan fingerprint density at radius 1 is 1.62 bits per heavy atom. The van der Waals surface area contributed by atoms with Gasteiger partial charge in [0.05, 0.1) is 18.6 Å². The number of hydrogen-bond donors (Lipinski definition) is 1. The lowest BCUT2D eigenvalue weighted by molar-refractivity contribution is 0.130. The van der Waals surface area contributed by atoms with Crippen molar-refractivity contribution >= 4 is 0 Å². The lowest BCUT2D eigenvalue weighted by atomic mass is 10.1. The maximum Gasteiger partial charge on any atom is 0.0692 e. The van der Waals surface area contributed by atoms with Crippen molar-refractivity contribution in [3.63, 3.8) is 0 Å². The van der Waals surface area contributed by atoms with Gasteiger partial charge < -0.3 is 5.11 Å². The molecule has 0 saturated carbocycles. The molecule has 1 unspecified atom stereocenters. The molecule has 0 amide bonds. The largest absolute Gasteiger partial charge is 0.392 e. The number of aliphatic hydroxyl groups excluding tert-OH is 1. The molecule has 2 nitrogen and oxygen atoms in total. The van der Waals surface area contributed by atoms with E-state index in [1.165, 1.54) is 0 Å². The fourth-order valence-corrected chi connectivity index (χ4v) is 0.329. The van der Waals surface area contributed by atoms with Gasteiger partial charge in [-0.25, -0.2) is 0 Å². The summed E-state index contributed by atoms with van der Waals surface area (Å²) < 4.78 is 0. The molecule has 0 fully saturated rings. The van der Waals surface area contributed by atoms with Crippen LogP contribution in [-0.2, 0) is 0 Å². The highest BCUT2D eigenvalue weighted by atomic mass is 16.3. The van der Waals surface area contributed by atoms with E-state index in [1.807, 2.05) is 19.9 Å². The van der Waals surface area contributed by atoms with E-state index in [2.05, 4.69) is 0 Å². The smallest absolute Gasteiger partial charge is 0.0692 e. The van der Waals surface area contributed by atoms with E-state index in [0.717, 1.165) is 0 Å². The first-order valence-corrected chi connectivity index (χ1v) is 2.73. The van der Waals surface area contributed by atoms with E-state index in [4.69, 9.17) is 10.4 Å². The number of hydrogen-bond acceptors (Lipinski definition) is 2. The molecule has 0 aliphatic carbocycles. The van der Waals surface area contributed by atoms with Gasteiger partial charge in [0.25, 0.3) is 0 Å². The first kappa shape index (κ1) is 7.45. The summed E-state index contributed by atoms with van der Waals surface area (Å²) in [5, 5.41) is 17.0. The van der Waals surface area contributed by atoms with Crippen molar-refractivity contribution in [1.29, 1.82) is 5.26 Å². The summed E-state index contributed by atoms with van der Waals surface area (Å²) >= 11 is 0. The molecule has 0 aromatic rings. The minimum atomic E-state index is -0.444. The Kier molecular flexibility index (Phi) is 3.21. The molecular weight excluding hydrogens is 102 g/mol. The molecule has 0 bridgehead atoms. The molecule has 0 heterocycles. The van der Waals surface area contributed by atoms with Crippen molar-refractivity contribution in [2.24, 2.45) is 5.92 Å². The fourth-order valence-electron chi connectivity index (χ4n) is 0.329. The normalized spacial score (nSPS) is 13.4. The van der Waals surface area contributed by atoms with E-state index in [1.54, 1.807) is 0 Å². The molecule has 0 aromatic heterocycles. The van der Waals surface area contributed by atoms with E-state index in [-0.39, 0.29) is 12.3 Å². The Labute approximate surface area is 49.8 Å². The minimum Gasteiger partial charge on any atom is -0.392 e. The lowest BCUT2D eigenvalue weighted by Gasteiger charge is -2.08. The van der Waals surface area contributed by atoms with Crippen molar-refractivity contribution in [3.05, 3.63) is 0 Å². The van der Waals surface area contributed by atoms with Crippen molar-refractivity contribution in [1.82, 2.24) is 0 Å². The lowest BCUT2D eigenvalue weighted by Crippen LogP contribution is -2.12. The fraction of sp³-hybridized carbons (Fsp3) is 0.833. The topological polar surface area (TPSA) is 44.0 Å². The predicted molar refractivity (Wildman–Crippen MR) is 31.1 cm³/mol. The molecule has 0 aliphatic heterocycles. The van der Waals surface area contributed by atoms with Gasteiger partial charge in [0.1, 0.15) is 0 Å². The van der Waals surface area contributed by atoms with E-state index < -0.39 is 6.10 Å². The quantitative estimate of drug-likeness (QED) is 0.578. The third-order valence-corrected chi connectivity index (χ3v) is 1.07. The molecule has 0 radical (unpaired) electrons. The van der Waals surface area contributed by atoms with Crippen LogP contribution in [0.3, 0.4) is 0 Å².